The van der Waals surface area contributed by atoms with Crippen molar-refractivity contribution in [3.8, 4) is 17.2 Å². The lowest BCUT2D eigenvalue weighted by molar-refractivity contribution is -0.157. The summed E-state index contributed by atoms with van der Waals surface area (Å²) in [6, 6.07) is 12.9. The number of hydrogen-bond donors (Lipinski definition) is 1. The highest BCUT2D eigenvalue weighted by atomic mass is 16.6. The van der Waals surface area contributed by atoms with Crippen LogP contribution in [0, 0.1) is 5.92 Å². The van der Waals surface area contributed by atoms with Crippen molar-refractivity contribution in [1.82, 2.24) is 10.4 Å². The Kier molecular flexibility index (Phi) is 6.18. The van der Waals surface area contributed by atoms with Crippen molar-refractivity contribution >= 4 is 28.7 Å². The van der Waals surface area contributed by atoms with Gasteiger partial charge in [-0.1, -0.05) is 13.0 Å². The fraction of sp³-hybridized carbons (Fsp3) is 0.360. The first-order valence-corrected chi connectivity index (χ1v) is 10.9. The summed E-state index contributed by atoms with van der Waals surface area (Å²) in [6.45, 7) is 7.32. The zero-order valence-corrected chi connectivity index (χ0v) is 19.2. The monoisotopic (exact) mass is 449 g/mol. The van der Waals surface area contributed by atoms with Crippen LogP contribution < -0.4 is 10.2 Å². The SMILES string of the molecule is CCC1CC(=O)NN=C1c1ccc2nc(-c3ccc(OCC(=O)OC(C)(C)C)cc3)oc2c1. The molecule has 172 valence electrons. The molecular formula is C25H27N3O5. The van der Waals surface area contributed by atoms with Crippen molar-refractivity contribution < 1.29 is 23.5 Å². The number of esters is 1. The molecule has 1 aliphatic rings. The van der Waals surface area contributed by atoms with E-state index in [0.29, 0.717) is 23.6 Å². The molecule has 3 aromatic rings. The molecule has 1 amide bonds. The lowest BCUT2D eigenvalue weighted by Gasteiger charge is -2.21. The highest BCUT2D eigenvalue weighted by molar-refractivity contribution is 6.07. The molecule has 0 saturated heterocycles. The van der Waals surface area contributed by atoms with Gasteiger partial charge in [0.15, 0.2) is 12.2 Å². The van der Waals surface area contributed by atoms with Crippen molar-refractivity contribution in [1.29, 1.82) is 0 Å². The van der Waals surface area contributed by atoms with Crippen LogP contribution in [-0.4, -0.2) is 34.8 Å². The molecule has 1 N–H and O–H groups in total. The Morgan fingerprint density at radius 3 is 2.58 bits per heavy atom. The minimum atomic E-state index is -0.550. The molecule has 0 spiro atoms. The molecule has 2 heterocycles. The lowest BCUT2D eigenvalue weighted by Crippen LogP contribution is -2.33. The Morgan fingerprint density at radius 1 is 1.15 bits per heavy atom. The standard InChI is InChI=1S/C25H27N3O5/c1-5-15-13-21(29)27-28-23(15)17-8-11-19-20(12-17)32-24(26-19)16-6-9-18(10-7-16)31-14-22(30)33-25(2,3)4/h6-12,15H,5,13-14H2,1-4H3,(H,27,29). The first-order valence-electron chi connectivity index (χ1n) is 10.9. The number of aromatic nitrogens is 1. The number of rotatable bonds is 6. The number of hydrazone groups is 1. The van der Waals surface area contributed by atoms with Crippen LogP contribution in [0.3, 0.4) is 0 Å². The molecule has 8 nitrogen and oxygen atoms in total. The average molecular weight is 450 g/mol. The number of nitrogens with zero attached hydrogens (tertiary/aromatic N) is 2. The number of benzene rings is 2. The second-order valence-electron chi connectivity index (χ2n) is 8.94. The number of amides is 1. The molecule has 0 radical (unpaired) electrons. The quantitative estimate of drug-likeness (QED) is 0.557. The highest BCUT2D eigenvalue weighted by Gasteiger charge is 2.24. The second-order valence-corrected chi connectivity index (χ2v) is 8.94. The molecule has 0 fully saturated rings. The van der Waals surface area contributed by atoms with Gasteiger partial charge in [0.2, 0.25) is 11.8 Å². The summed E-state index contributed by atoms with van der Waals surface area (Å²) < 4.78 is 16.7. The van der Waals surface area contributed by atoms with Crippen molar-refractivity contribution in [3.63, 3.8) is 0 Å². The lowest BCUT2D eigenvalue weighted by atomic mass is 9.90. The Balaban J connectivity index is 1.49. The summed E-state index contributed by atoms with van der Waals surface area (Å²) in [5.74, 6) is 0.616. The molecule has 1 unspecified atom stereocenters. The van der Waals surface area contributed by atoms with E-state index in [1.165, 1.54) is 0 Å². The molecule has 1 atom stereocenters. The molecule has 8 heteroatoms. The van der Waals surface area contributed by atoms with Gasteiger partial charge in [0.1, 0.15) is 16.9 Å². The molecule has 4 rings (SSSR count). The summed E-state index contributed by atoms with van der Waals surface area (Å²) in [5.41, 5.74) is 5.93. The van der Waals surface area contributed by atoms with Gasteiger partial charge < -0.3 is 13.9 Å². The third-order valence-corrected chi connectivity index (χ3v) is 5.17. The summed E-state index contributed by atoms with van der Waals surface area (Å²) in [5, 5.41) is 4.27. The van der Waals surface area contributed by atoms with Gasteiger partial charge in [-0.15, -0.1) is 0 Å². The third-order valence-electron chi connectivity index (χ3n) is 5.17. The number of nitrogens with one attached hydrogen (secondary N) is 1. The maximum atomic E-state index is 11.8. The first kappa shape index (κ1) is 22.5. The van der Waals surface area contributed by atoms with E-state index in [4.69, 9.17) is 13.9 Å². The van der Waals surface area contributed by atoms with E-state index in [9.17, 15) is 9.59 Å². The molecule has 0 aliphatic carbocycles. The molecule has 0 bridgehead atoms. The van der Waals surface area contributed by atoms with Gasteiger partial charge >= 0.3 is 5.97 Å². The summed E-state index contributed by atoms with van der Waals surface area (Å²) >= 11 is 0. The molecule has 33 heavy (non-hydrogen) atoms. The van der Waals surface area contributed by atoms with Crippen molar-refractivity contribution in [3.05, 3.63) is 48.0 Å². The van der Waals surface area contributed by atoms with Gasteiger partial charge in [0.25, 0.3) is 0 Å². The van der Waals surface area contributed by atoms with E-state index < -0.39 is 11.6 Å². The van der Waals surface area contributed by atoms with Crippen LogP contribution in [0.2, 0.25) is 0 Å². The van der Waals surface area contributed by atoms with E-state index in [1.54, 1.807) is 12.1 Å². The maximum absolute atomic E-state index is 11.8. The molecule has 0 saturated carbocycles. The van der Waals surface area contributed by atoms with Crippen molar-refractivity contribution in [2.45, 2.75) is 46.1 Å². The second kappa shape index (κ2) is 9.05. The van der Waals surface area contributed by atoms with E-state index >= 15 is 0 Å². The van der Waals surface area contributed by atoms with Crippen LogP contribution in [0.25, 0.3) is 22.6 Å². The zero-order chi connectivity index (χ0) is 23.6. The average Bonchev–Trinajstić information content (AvgIpc) is 3.20. The predicted molar refractivity (Wildman–Crippen MR) is 124 cm³/mol. The van der Waals surface area contributed by atoms with Crippen LogP contribution >= 0.6 is 0 Å². The number of carbonyl (C=O) groups excluding carboxylic acids is 2. The van der Waals surface area contributed by atoms with Gasteiger partial charge in [0, 0.05) is 23.5 Å². The maximum Gasteiger partial charge on any atom is 0.344 e. The van der Waals surface area contributed by atoms with Crippen LogP contribution in [0.4, 0.5) is 0 Å². The number of oxazole rings is 1. The number of ether oxygens (including phenoxy) is 2. The van der Waals surface area contributed by atoms with Gasteiger partial charge in [0.05, 0.1) is 5.71 Å². The fourth-order valence-electron chi connectivity index (χ4n) is 3.63. The fourth-order valence-corrected chi connectivity index (χ4v) is 3.63. The Morgan fingerprint density at radius 2 is 1.88 bits per heavy atom. The minimum Gasteiger partial charge on any atom is -0.482 e. The third kappa shape index (κ3) is 5.39. The molecule has 2 aromatic carbocycles. The van der Waals surface area contributed by atoms with Gasteiger partial charge in [-0.05, 0) is 63.6 Å². The Bertz CT molecular complexity index is 1210. The summed E-state index contributed by atoms with van der Waals surface area (Å²) in [7, 11) is 0. The van der Waals surface area contributed by atoms with Crippen molar-refractivity contribution in [2.24, 2.45) is 11.0 Å². The van der Waals surface area contributed by atoms with Crippen LogP contribution in [-0.2, 0) is 14.3 Å². The van der Waals surface area contributed by atoms with Crippen LogP contribution in [0.15, 0.2) is 52.0 Å². The molecule has 1 aliphatic heterocycles. The van der Waals surface area contributed by atoms with E-state index in [0.717, 1.165) is 28.8 Å². The summed E-state index contributed by atoms with van der Waals surface area (Å²) in [4.78, 5) is 28.0. The van der Waals surface area contributed by atoms with Gasteiger partial charge in [-0.25, -0.2) is 15.2 Å². The Labute approximate surface area is 192 Å². The van der Waals surface area contributed by atoms with Gasteiger partial charge in [-0.2, -0.15) is 5.10 Å². The van der Waals surface area contributed by atoms with Crippen molar-refractivity contribution in [2.75, 3.05) is 6.61 Å². The molecular weight excluding hydrogens is 422 g/mol. The first-order chi connectivity index (χ1) is 15.7. The molecule has 1 aromatic heterocycles. The smallest absolute Gasteiger partial charge is 0.344 e. The predicted octanol–water partition coefficient (Wildman–Crippen LogP) is 4.47. The highest BCUT2D eigenvalue weighted by Crippen LogP contribution is 2.28. The van der Waals surface area contributed by atoms with Crippen LogP contribution in [0.1, 0.15) is 46.1 Å². The van der Waals surface area contributed by atoms with Crippen LogP contribution in [0.5, 0.6) is 5.75 Å². The minimum absolute atomic E-state index is 0.0628. The normalized spacial score (nSPS) is 16.3. The Hall–Kier alpha value is -3.68. The summed E-state index contributed by atoms with van der Waals surface area (Å²) in [6.07, 6.45) is 1.26. The topological polar surface area (TPSA) is 103 Å². The largest absolute Gasteiger partial charge is 0.482 e. The number of hydrogen-bond acceptors (Lipinski definition) is 7. The van der Waals surface area contributed by atoms with E-state index in [1.807, 2.05) is 58.0 Å². The van der Waals surface area contributed by atoms with E-state index in [-0.39, 0.29) is 18.4 Å². The number of carbonyl (C=O) groups is 2. The van der Waals surface area contributed by atoms with Gasteiger partial charge in [-0.3, -0.25) is 4.79 Å². The van der Waals surface area contributed by atoms with E-state index in [2.05, 4.69) is 15.5 Å². The zero-order valence-electron chi connectivity index (χ0n) is 19.2. The number of fused-ring (bicyclic) bond motifs is 1.